The number of aromatic nitrogens is 1. The van der Waals surface area contributed by atoms with E-state index < -0.39 is 0 Å². The zero-order chi connectivity index (χ0) is 13.9. The summed E-state index contributed by atoms with van der Waals surface area (Å²) in [6.45, 7) is 4.03. The van der Waals surface area contributed by atoms with Gasteiger partial charge in [0.05, 0.1) is 0 Å². The zero-order valence-corrected chi connectivity index (χ0v) is 11.8. The fraction of sp³-hybridized carbons (Fsp3) is 0.200. The number of thiol groups is 1. The maximum absolute atomic E-state index is 12.0. The van der Waals surface area contributed by atoms with Gasteiger partial charge in [-0.25, -0.2) is 0 Å². The summed E-state index contributed by atoms with van der Waals surface area (Å²) >= 11 is 4.50. The van der Waals surface area contributed by atoms with Crippen molar-refractivity contribution in [2.45, 2.75) is 18.6 Å². The Morgan fingerprint density at radius 3 is 2.21 bits per heavy atom. The van der Waals surface area contributed by atoms with E-state index >= 15 is 0 Å². The van der Waals surface area contributed by atoms with Crippen LogP contribution >= 0.6 is 12.6 Å². The molecule has 0 unspecified atom stereocenters. The number of rotatable bonds is 3. The molecule has 1 N–H and O–H groups in total. The molecule has 98 valence electrons. The van der Waals surface area contributed by atoms with Crippen LogP contribution in [-0.2, 0) is 4.75 Å². The van der Waals surface area contributed by atoms with Gasteiger partial charge in [-0.1, -0.05) is 12.1 Å². The minimum atomic E-state index is -0.208. The molecule has 1 aromatic heterocycles. The van der Waals surface area contributed by atoms with Crippen molar-refractivity contribution in [1.29, 1.82) is 0 Å². The summed E-state index contributed by atoms with van der Waals surface area (Å²) < 4.78 is -0.208. The lowest BCUT2D eigenvalue weighted by Crippen LogP contribution is -2.13. The van der Waals surface area contributed by atoms with Gasteiger partial charge in [-0.2, -0.15) is 12.6 Å². The molecule has 0 aliphatic heterocycles. The summed E-state index contributed by atoms with van der Waals surface area (Å²) in [6.07, 6.45) is 3.28. The number of carbonyl (C=O) groups is 1. The first-order valence-electron chi connectivity index (χ1n) is 6.01. The average molecular weight is 272 g/mol. The molecule has 0 radical (unpaired) electrons. The standard InChI is InChI=1S/C15H16N2OS/c1-15(2,19)12-5-3-11(4-6-12)14(18)17-13-7-9-16-10-8-13/h3-10,19H,1-2H3,(H,16,17,18). The molecule has 0 saturated carbocycles. The van der Waals surface area contributed by atoms with Crippen molar-refractivity contribution in [1.82, 2.24) is 4.98 Å². The Balaban J connectivity index is 2.12. The summed E-state index contributed by atoms with van der Waals surface area (Å²) in [5.74, 6) is -0.130. The number of carbonyl (C=O) groups excluding carboxylic acids is 1. The molecule has 2 rings (SSSR count). The number of hydrogen-bond acceptors (Lipinski definition) is 3. The molecule has 19 heavy (non-hydrogen) atoms. The van der Waals surface area contributed by atoms with Crippen LogP contribution in [0.2, 0.25) is 0 Å². The third kappa shape index (κ3) is 3.58. The van der Waals surface area contributed by atoms with Gasteiger partial charge in [-0.3, -0.25) is 9.78 Å². The van der Waals surface area contributed by atoms with Crippen LogP contribution in [0, 0.1) is 0 Å². The number of hydrogen-bond donors (Lipinski definition) is 2. The Labute approximate surface area is 118 Å². The van der Waals surface area contributed by atoms with E-state index in [0.29, 0.717) is 5.56 Å². The summed E-state index contributed by atoms with van der Waals surface area (Å²) in [7, 11) is 0. The number of pyridine rings is 1. The third-order valence-electron chi connectivity index (χ3n) is 2.79. The van der Waals surface area contributed by atoms with Crippen molar-refractivity contribution in [2.75, 3.05) is 5.32 Å². The van der Waals surface area contributed by atoms with Crippen molar-refractivity contribution < 1.29 is 4.79 Å². The van der Waals surface area contributed by atoms with Crippen LogP contribution in [0.4, 0.5) is 5.69 Å². The van der Waals surface area contributed by atoms with Crippen LogP contribution < -0.4 is 5.32 Å². The SMILES string of the molecule is CC(C)(S)c1ccc(C(=O)Nc2ccncc2)cc1. The molecule has 1 amide bonds. The van der Waals surface area contributed by atoms with Gasteiger partial charge in [-0.15, -0.1) is 0 Å². The molecule has 4 heteroatoms. The molecule has 0 spiro atoms. The predicted octanol–water partition coefficient (Wildman–Crippen LogP) is 3.50. The highest BCUT2D eigenvalue weighted by Crippen LogP contribution is 2.27. The highest BCUT2D eigenvalue weighted by Gasteiger charge is 2.15. The topological polar surface area (TPSA) is 42.0 Å². The van der Waals surface area contributed by atoms with E-state index in [1.54, 1.807) is 24.5 Å². The summed E-state index contributed by atoms with van der Waals surface area (Å²) in [5.41, 5.74) is 2.44. The van der Waals surface area contributed by atoms with Crippen LogP contribution in [0.15, 0.2) is 48.8 Å². The smallest absolute Gasteiger partial charge is 0.255 e. The monoisotopic (exact) mass is 272 g/mol. The van der Waals surface area contributed by atoms with Crippen molar-refractivity contribution in [3.8, 4) is 0 Å². The Bertz CT molecular complexity index is 559. The van der Waals surface area contributed by atoms with E-state index in [0.717, 1.165) is 11.3 Å². The molecule has 0 aliphatic carbocycles. The highest BCUT2D eigenvalue weighted by atomic mass is 32.1. The Morgan fingerprint density at radius 2 is 1.68 bits per heavy atom. The molecule has 0 bridgehead atoms. The first-order valence-corrected chi connectivity index (χ1v) is 6.46. The van der Waals surface area contributed by atoms with Gasteiger partial charge in [0, 0.05) is 28.4 Å². The van der Waals surface area contributed by atoms with Gasteiger partial charge in [0.1, 0.15) is 0 Å². The molecule has 3 nitrogen and oxygen atoms in total. The van der Waals surface area contributed by atoms with E-state index in [1.165, 1.54) is 0 Å². The Hall–Kier alpha value is -1.81. The fourth-order valence-corrected chi connectivity index (χ4v) is 1.82. The second-order valence-corrected chi connectivity index (χ2v) is 5.94. The molecule has 0 saturated heterocycles. The summed E-state index contributed by atoms with van der Waals surface area (Å²) in [6, 6.07) is 11.0. The minimum absolute atomic E-state index is 0.130. The second-order valence-electron chi connectivity index (χ2n) is 4.83. The Morgan fingerprint density at radius 1 is 1.11 bits per heavy atom. The van der Waals surface area contributed by atoms with Gasteiger partial charge in [0.2, 0.25) is 0 Å². The van der Waals surface area contributed by atoms with Crippen LogP contribution in [0.5, 0.6) is 0 Å². The van der Waals surface area contributed by atoms with Gasteiger partial charge in [0.15, 0.2) is 0 Å². The molecule has 2 aromatic rings. The van der Waals surface area contributed by atoms with Crippen molar-refractivity contribution in [3.63, 3.8) is 0 Å². The number of amides is 1. The minimum Gasteiger partial charge on any atom is -0.322 e. The first kappa shape index (κ1) is 13.6. The molecule has 0 atom stereocenters. The number of nitrogens with one attached hydrogen (secondary N) is 1. The molecule has 1 heterocycles. The van der Waals surface area contributed by atoms with Crippen LogP contribution in [0.25, 0.3) is 0 Å². The predicted molar refractivity (Wildman–Crippen MR) is 80.6 cm³/mol. The van der Waals surface area contributed by atoms with Crippen molar-refractivity contribution in [2.24, 2.45) is 0 Å². The number of anilines is 1. The van der Waals surface area contributed by atoms with Crippen LogP contribution in [0.3, 0.4) is 0 Å². The maximum Gasteiger partial charge on any atom is 0.255 e. The van der Waals surface area contributed by atoms with Gasteiger partial charge < -0.3 is 5.32 Å². The van der Waals surface area contributed by atoms with E-state index in [4.69, 9.17) is 0 Å². The van der Waals surface area contributed by atoms with Crippen LogP contribution in [0.1, 0.15) is 29.8 Å². The van der Waals surface area contributed by atoms with Gasteiger partial charge >= 0.3 is 0 Å². The molecule has 0 aliphatic rings. The first-order chi connectivity index (χ1) is 8.97. The molecular weight excluding hydrogens is 256 g/mol. The molecule has 1 aromatic carbocycles. The lowest BCUT2D eigenvalue weighted by Gasteiger charge is -2.18. The summed E-state index contributed by atoms with van der Waals surface area (Å²) in [4.78, 5) is 15.9. The lowest BCUT2D eigenvalue weighted by atomic mass is 10.0. The zero-order valence-electron chi connectivity index (χ0n) is 10.9. The Kier molecular flexibility index (Phi) is 3.90. The molecular formula is C15H16N2OS. The summed E-state index contributed by atoms with van der Waals surface area (Å²) in [5, 5.41) is 2.82. The van der Waals surface area contributed by atoms with E-state index in [1.807, 2.05) is 38.1 Å². The second kappa shape index (κ2) is 5.45. The fourth-order valence-electron chi connectivity index (χ4n) is 1.67. The molecule has 0 fully saturated rings. The quantitative estimate of drug-likeness (QED) is 0.840. The number of benzene rings is 1. The van der Waals surface area contributed by atoms with Gasteiger partial charge in [-0.05, 0) is 43.7 Å². The lowest BCUT2D eigenvalue weighted by molar-refractivity contribution is 0.102. The van der Waals surface area contributed by atoms with E-state index in [2.05, 4.69) is 22.9 Å². The highest BCUT2D eigenvalue weighted by molar-refractivity contribution is 7.81. The average Bonchev–Trinajstić information content (AvgIpc) is 2.39. The van der Waals surface area contributed by atoms with Crippen molar-refractivity contribution in [3.05, 3.63) is 59.9 Å². The number of nitrogens with zero attached hydrogens (tertiary/aromatic N) is 1. The largest absolute Gasteiger partial charge is 0.322 e. The maximum atomic E-state index is 12.0. The van der Waals surface area contributed by atoms with Crippen molar-refractivity contribution >= 4 is 24.2 Å². The van der Waals surface area contributed by atoms with Crippen LogP contribution in [-0.4, -0.2) is 10.9 Å². The van der Waals surface area contributed by atoms with Gasteiger partial charge in [0.25, 0.3) is 5.91 Å². The third-order valence-corrected chi connectivity index (χ3v) is 3.05. The van der Waals surface area contributed by atoms with E-state index in [-0.39, 0.29) is 10.7 Å². The van der Waals surface area contributed by atoms with E-state index in [9.17, 15) is 4.79 Å². The normalized spacial score (nSPS) is 11.1.